The van der Waals surface area contributed by atoms with Crippen molar-refractivity contribution >= 4 is 0 Å². The third-order valence-electron chi connectivity index (χ3n) is 4.49. The molecule has 0 spiro atoms. The molecule has 1 N–H and O–H groups in total. The summed E-state index contributed by atoms with van der Waals surface area (Å²) in [6.07, 6.45) is 5.73. The first-order chi connectivity index (χ1) is 10.9. The van der Waals surface area contributed by atoms with Gasteiger partial charge in [-0.3, -0.25) is 0 Å². The summed E-state index contributed by atoms with van der Waals surface area (Å²) in [5, 5.41) is 7.44. The first-order valence-corrected chi connectivity index (χ1v) is 8.13. The van der Waals surface area contributed by atoms with Crippen LogP contribution in [0.4, 0.5) is 0 Å². The Hall–Kier alpha value is -1.72. The van der Waals surface area contributed by atoms with Gasteiger partial charge in [-0.15, -0.1) is 0 Å². The van der Waals surface area contributed by atoms with Crippen molar-refractivity contribution in [2.24, 2.45) is 0 Å². The maximum absolute atomic E-state index is 5.44. The van der Waals surface area contributed by atoms with Gasteiger partial charge in [0.25, 0.3) is 0 Å². The van der Waals surface area contributed by atoms with Gasteiger partial charge < -0.3 is 14.6 Å². The lowest BCUT2D eigenvalue weighted by atomic mass is 9.90. The van der Waals surface area contributed by atoms with E-state index >= 15 is 0 Å². The van der Waals surface area contributed by atoms with Crippen molar-refractivity contribution in [3.8, 4) is 0 Å². The molecule has 4 rings (SSSR count). The molecule has 0 bridgehead atoms. The Bertz CT molecular complexity index is 647. The minimum atomic E-state index is 0.0507. The standard InChI is InChI=1S/C17H21N3O2/c1-2-4-14-9-12(5-6-13(14)3-1)10-16-19-17(20-22-16)15-11-21-8-7-18-15/h5-6,9,15,18H,1-4,7-8,10-11H2/t15-/m0/s1. The van der Waals surface area contributed by atoms with Crippen molar-refractivity contribution in [2.75, 3.05) is 19.8 Å². The number of nitrogens with one attached hydrogen (secondary N) is 1. The van der Waals surface area contributed by atoms with E-state index < -0.39 is 0 Å². The molecule has 1 fully saturated rings. The van der Waals surface area contributed by atoms with Crippen LogP contribution >= 0.6 is 0 Å². The Labute approximate surface area is 130 Å². The summed E-state index contributed by atoms with van der Waals surface area (Å²) in [5.41, 5.74) is 4.25. The predicted octanol–water partition coefficient (Wildman–Crippen LogP) is 2.20. The molecule has 2 aliphatic rings. The van der Waals surface area contributed by atoms with Gasteiger partial charge in [0.2, 0.25) is 5.89 Å². The molecule has 5 heteroatoms. The lowest BCUT2D eigenvalue weighted by molar-refractivity contribution is 0.0734. The molecule has 0 saturated carbocycles. The molecule has 22 heavy (non-hydrogen) atoms. The largest absolute Gasteiger partial charge is 0.378 e. The van der Waals surface area contributed by atoms with Crippen molar-refractivity contribution in [2.45, 2.75) is 38.1 Å². The highest BCUT2D eigenvalue weighted by atomic mass is 16.5. The van der Waals surface area contributed by atoms with Crippen molar-refractivity contribution in [3.05, 3.63) is 46.6 Å². The molecular formula is C17H21N3O2. The number of hydrogen-bond acceptors (Lipinski definition) is 5. The zero-order valence-electron chi connectivity index (χ0n) is 12.7. The lowest BCUT2D eigenvalue weighted by Gasteiger charge is -2.20. The molecule has 0 radical (unpaired) electrons. The number of ether oxygens (including phenoxy) is 1. The molecule has 1 atom stereocenters. The zero-order valence-corrected chi connectivity index (χ0v) is 12.7. The van der Waals surface area contributed by atoms with Crippen LogP contribution in [0.5, 0.6) is 0 Å². The maximum Gasteiger partial charge on any atom is 0.231 e. The molecule has 1 saturated heterocycles. The number of fused-ring (bicyclic) bond motifs is 1. The van der Waals surface area contributed by atoms with Gasteiger partial charge in [-0.1, -0.05) is 23.4 Å². The molecule has 5 nitrogen and oxygen atoms in total. The maximum atomic E-state index is 5.44. The summed E-state index contributed by atoms with van der Waals surface area (Å²) >= 11 is 0. The van der Waals surface area contributed by atoms with Gasteiger partial charge in [0, 0.05) is 6.54 Å². The van der Waals surface area contributed by atoms with E-state index in [0.717, 1.165) is 13.2 Å². The summed E-state index contributed by atoms with van der Waals surface area (Å²) in [5.74, 6) is 1.38. The van der Waals surface area contributed by atoms with Crippen molar-refractivity contribution < 1.29 is 9.26 Å². The second kappa shape index (κ2) is 6.18. The highest BCUT2D eigenvalue weighted by Crippen LogP contribution is 2.23. The van der Waals surface area contributed by atoms with E-state index in [1.807, 2.05) is 0 Å². The van der Waals surface area contributed by atoms with E-state index in [-0.39, 0.29) is 6.04 Å². The summed E-state index contributed by atoms with van der Waals surface area (Å²) in [6.45, 7) is 2.19. The van der Waals surface area contributed by atoms with Crippen LogP contribution in [0.15, 0.2) is 22.7 Å². The number of nitrogens with zero attached hydrogens (tertiary/aromatic N) is 2. The Balaban J connectivity index is 1.48. The van der Waals surface area contributed by atoms with E-state index in [0.29, 0.717) is 24.7 Å². The number of rotatable bonds is 3. The molecule has 1 aromatic carbocycles. The molecule has 116 valence electrons. The summed E-state index contributed by atoms with van der Waals surface area (Å²) in [4.78, 5) is 4.52. The second-order valence-electron chi connectivity index (χ2n) is 6.11. The minimum Gasteiger partial charge on any atom is -0.378 e. The summed E-state index contributed by atoms with van der Waals surface area (Å²) in [6, 6.07) is 6.81. The first-order valence-electron chi connectivity index (χ1n) is 8.13. The molecule has 2 heterocycles. The Morgan fingerprint density at radius 2 is 2.09 bits per heavy atom. The molecule has 1 aliphatic heterocycles. The fourth-order valence-electron chi connectivity index (χ4n) is 3.28. The summed E-state index contributed by atoms with van der Waals surface area (Å²) in [7, 11) is 0. The molecule has 2 aromatic rings. The van der Waals surface area contributed by atoms with Gasteiger partial charge in [0.05, 0.1) is 25.7 Å². The van der Waals surface area contributed by atoms with E-state index in [2.05, 4.69) is 33.7 Å². The van der Waals surface area contributed by atoms with Crippen LogP contribution in [-0.2, 0) is 24.0 Å². The van der Waals surface area contributed by atoms with Gasteiger partial charge in [-0.05, 0) is 42.4 Å². The number of hydrogen-bond donors (Lipinski definition) is 1. The highest BCUT2D eigenvalue weighted by molar-refractivity contribution is 5.34. The minimum absolute atomic E-state index is 0.0507. The van der Waals surface area contributed by atoms with Gasteiger partial charge >= 0.3 is 0 Å². The number of benzene rings is 1. The van der Waals surface area contributed by atoms with Crippen LogP contribution in [0, 0.1) is 0 Å². The third kappa shape index (κ3) is 2.91. The second-order valence-corrected chi connectivity index (χ2v) is 6.11. The highest BCUT2D eigenvalue weighted by Gasteiger charge is 2.21. The molecule has 1 aliphatic carbocycles. The lowest BCUT2D eigenvalue weighted by Crippen LogP contribution is -2.35. The van der Waals surface area contributed by atoms with Crippen LogP contribution in [0.3, 0.4) is 0 Å². The number of aryl methyl sites for hydroxylation is 2. The Morgan fingerprint density at radius 3 is 2.95 bits per heavy atom. The van der Waals surface area contributed by atoms with Crippen LogP contribution < -0.4 is 5.32 Å². The first kappa shape index (κ1) is 13.9. The number of morpholine rings is 1. The van der Waals surface area contributed by atoms with Crippen LogP contribution in [0.25, 0.3) is 0 Å². The molecular weight excluding hydrogens is 278 g/mol. The summed E-state index contributed by atoms with van der Waals surface area (Å²) < 4.78 is 10.9. The van der Waals surface area contributed by atoms with Crippen LogP contribution in [0.1, 0.15) is 47.3 Å². The van der Waals surface area contributed by atoms with Crippen LogP contribution in [-0.4, -0.2) is 29.9 Å². The van der Waals surface area contributed by atoms with Gasteiger partial charge in [0.15, 0.2) is 5.82 Å². The van der Waals surface area contributed by atoms with Gasteiger partial charge in [0.1, 0.15) is 0 Å². The Kier molecular flexibility index (Phi) is 3.91. The molecule has 0 unspecified atom stereocenters. The monoisotopic (exact) mass is 299 g/mol. The normalized spacial score (nSPS) is 21.5. The van der Waals surface area contributed by atoms with Gasteiger partial charge in [-0.25, -0.2) is 0 Å². The number of aromatic nitrogens is 2. The van der Waals surface area contributed by atoms with Crippen molar-refractivity contribution in [1.29, 1.82) is 0 Å². The van der Waals surface area contributed by atoms with Gasteiger partial charge in [-0.2, -0.15) is 4.98 Å². The topological polar surface area (TPSA) is 60.2 Å². The molecule has 0 amide bonds. The predicted molar refractivity (Wildman–Crippen MR) is 81.8 cm³/mol. The fourth-order valence-corrected chi connectivity index (χ4v) is 3.28. The fraction of sp³-hybridized carbons (Fsp3) is 0.529. The Morgan fingerprint density at radius 1 is 1.18 bits per heavy atom. The van der Waals surface area contributed by atoms with Crippen molar-refractivity contribution in [1.82, 2.24) is 15.5 Å². The van der Waals surface area contributed by atoms with E-state index in [1.165, 1.54) is 42.4 Å². The SMILES string of the molecule is c1cc2c(cc1Cc1nc([C@@H]3COCCN3)no1)CCCC2. The van der Waals surface area contributed by atoms with E-state index in [1.54, 1.807) is 0 Å². The van der Waals surface area contributed by atoms with E-state index in [4.69, 9.17) is 9.26 Å². The van der Waals surface area contributed by atoms with E-state index in [9.17, 15) is 0 Å². The van der Waals surface area contributed by atoms with Crippen molar-refractivity contribution in [3.63, 3.8) is 0 Å². The quantitative estimate of drug-likeness (QED) is 0.941. The average molecular weight is 299 g/mol. The smallest absolute Gasteiger partial charge is 0.231 e. The third-order valence-corrected chi connectivity index (χ3v) is 4.49. The molecule has 1 aromatic heterocycles. The zero-order chi connectivity index (χ0) is 14.8. The average Bonchev–Trinajstić information content (AvgIpc) is 3.04. The van der Waals surface area contributed by atoms with Crippen LogP contribution in [0.2, 0.25) is 0 Å².